The first kappa shape index (κ1) is 12.5. The third kappa shape index (κ3) is 3.83. The fraction of sp³-hybridized carbons (Fsp3) is 0.727. The molecule has 0 aromatic rings. The summed E-state index contributed by atoms with van der Waals surface area (Å²) in [5, 5.41) is 8.80. The lowest BCUT2D eigenvalue weighted by atomic mass is 10.2. The first-order valence-electron chi connectivity index (χ1n) is 5.29. The van der Waals surface area contributed by atoms with Gasteiger partial charge in [0.1, 0.15) is 0 Å². The number of halogens is 1. The Balaban J connectivity index is 2.33. The number of rotatable bonds is 3. The van der Waals surface area contributed by atoms with Crippen LogP contribution in [0.15, 0.2) is 11.1 Å². The van der Waals surface area contributed by atoms with Gasteiger partial charge in [0.05, 0.1) is 12.1 Å². The largest absolute Gasteiger partial charge is 0.297 e. The normalized spacial score (nSPS) is 22.4. The highest BCUT2D eigenvalue weighted by atomic mass is 35.5. The quantitative estimate of drug-likeness (QED) is 0.735. The predicted octanol–water partition coefficient (Wildman–Crippen LogP) is 1.66. The molecule has 1 aliphatic rings. The molecule has 1 saturated heterocycles. The zero-order valence-corrected chi connectivity index (χ0v) is 10.2. The Labute approximate surface area is 96.9 Å². The smallest absolute Gasteiger partial charge is 0.0950 e. The Kier molecular flexibility index (Phi) is 5.10. The summed E-state index contributed by atoms with van der Waals surface area (Å²) in [5.41, 5.74) is 2.84. The van der Waals surface area contributed by atoms with Crippen LogP contribution in [0.4, 0.5) is 0 Å². The van der Waals surface area contributed by atoms with Gasteiger partial charge in [-0.25, -0.2) is 0 Å². The summed E-state index contributed by atoms with van der Waals surface area (Å²) >= 11 is 5.63. The average molecular weight is 228 g/mol. The van der Waals surface area contributed by atoms with Gasteiger partial charge in [-0.3, -0.25) is 9.80 Å². The molecule has 0 N–H and O–H groups in total. The van der Waals surface area contributed by atoms with E-state index in [-0.39, 0.29) is 6.04 Å². The van der Waals surface area contributed by atoms with Crippen molar-refractivity contribution in [3.63, 3.8) is 0 Å². The minimum absolute atomic E-state index is 0.0387. The van der Waals surface area contributed by atoms with Crippen molar-refractivity contribution in [3.05, 3.63) is 11.1 Å². The summed E-state index contributed by atoms with van der Waals surface area (Å²) in [6, 6.07) is 2.32. The topological polar surface area (TPSA) is 30.3 Å². The molecule has 0 radical (unpaired) electrons. The van der Waals surface area contributed by atoms with Gasteiger partial charge in [-0.2, -0.15) is 5.26 Å². The van der Waals surface area contributed by atoms with Gasteiger partial charge in [0.15, 0.2) is 0 Å². The van der Waals surface area contributed by atoms with Crippen LogP contribution in [0.25, 0.3) is 0 Å². The molecule has 1 rings (SSSR count). The van der Waals surface area contributed by atoms with Gasteiger partial charge in [0.25, 0.3) is 0 Å². The number of nitriles is 1. The highest BCUT2D eigenvalue weighted by molar-refractivity contribution is 6.25. The van der Waals surface area contributed by atoms with Crippen LogP contribution in [-0.2, 0) is 0 Å². The van der Waals surface area contributed by atoms with Gasteiger partial charge in [-0.15, -0.1) is 0 Å². The molecule has 4 heteroatoms. The molecular weight excluding hydrogens is 210 g/mol. The van der Waals surface area contributed by atoms with Crippen LogP contribution in [0, 0.1) is 11.3 Å². The molecule has 3 nitrogen and oxygen atoms in total. The van der Waals surface area contributed by atoms with Crippen LogP contribution in [0.1, 0.15) is 13.8 Å². The lowest BCUT2D eigenvalue weighted by molar-refractivity contribution is 0.126. The van der Waals surface area contributed by atoms with E-state index in [0.717, 1.165) is 32.7 Å². The second kappa shape index (κ2) is 6.12. The van der Waals surface area contributed by atoms with E-state index in [2.05, 4.69) is 15.9 Å². The third-order valence-corrected chi connectivity index (χ3v) is 3.17. The van der Waals surface area contributed by atoms with E-state index in [1.807, 2.05) is 13.8 Å². The Bertz CT molecular complexity index is 261. The van der Waals surface area contributed by atoms with E-state index in [1.54, 1.807) is 5.54 Å². The molecule has 1 aliphatic heterocycles. The number of nitrogens with zero attached hydrogens (tertiary/aromatic N) is 3. The molecule has 15 heavy (non-hydrogen) atoms. The molecule has 1 atom stereocenters. The van der Waals surface area contributed by atoms with Crippen molar-refractivity contribution >= 4 is 11.6 Å². The maximum Gasteiger partial charge on any atom is 0.0950 e. The van der Waals surface area contributed by atoms with E-state index in [1.165, 1.54) is 5.57 Å². The molecule has 0 aromatic carbocycles. The van der Waals surface area contributed by atoms with E-state index < -0.39 is 0 Å². The van der Waals surface area contributed by atoms with Crippen LogP contribution in [0.2, 0.25) is 0 Å². The first-order valence-corrected chi connectivity index (χ1v) is 5.73. The summed E-state index contributed by atoms with van der Waals surface area (Å²) < 4.78 is 0. The Morgan fingerprint density at radius 2 is 2.07 bits per heavy atom. The molecule has 0 amide bonds. The van der Waals surface area contributed by atoms with Gasteiger partial charge in [0, 0.05) is 38.3 Å². The number of hydrogen-bond acceptors (Lipinski definition) is 3. The van der Waals surface area contributed by atoms with Crippen LogP contribution in [0.5, 0.6) is 0 Å². The SMILES string of the molecule is CC(=CCl)CN1CCN(C(C)C#N)CC1. The van der Waals surface area contributed by atoms with Crippen molar-refractivity contribution in [1.29, 1.82) is 5.26 Å². The zero-order valence-electron chi connectivity index (χ0n) is 9.41. The van der Waals surface area contributed by atoms with Crippen LogP contribution >= 0.6 is 11.6 Å². The summed E-state index contributed by atoms with van der Waals surface area (Å²) in [4.78, 5) is 4.59. The van der Waals surface area contributed by atoms with Gasteiger partial charge in [-0.05, 0) is 19.4 Å². The van der Waals surface area contributed by atoms with E-state index >= 15 is 0 Å². The van der Waals surface area contributed by atoms with Gasteiger partial charge in [-0.1, -0.05) is 11.6 Å². The molecule has 0 aromatic heterocycles. The molecule has 0 bridgehead atoms. The Hall–Kier alpha value is -0.560. The summed E-state index contributed by atoms with van der Waals surface area (Å²) in [6.45, 7) is 8.94. The van der Waals surface area contributed by atoms with E-state index in [4.69, 9.17) is 16.9 Å². The fourth-order valence-corrected chi connectivity index (χ4v) is 1.85. The summed E-state index contributed by atoms with van der Waals surface area (Å²) in [5.74, 6) is 0. The second-order valence-corrected chi connectivity index (χ2v) is 4.29. The molecule has 1 unspecified atom stereocenters. The second-order valence-electron chi connectivity index (χ2n) is 4.07. The average Bonchev–Trinajstić information content (AvgIpc) is 2.29. The lowest BCUT2D eigenvalue weighted by Crippen LogP contribution is -2.49. The molecule has 84 valence electrons. The van der Waals surface area contributed by atoms with Crippen LogP contribution in [-0.4, -0.2) is 48.6 Å². The monoisotopic (exact) mass is 227 g/mol. The van der Waals surface area contributed by atoms with Gasteiger partial charge < -0.3 is 0 Å². The zero-order chi connectivity index (χ0) is 11.3. The van der Waals surface area contributed by atoms with E-state index in [9.17, 15) is 0 Å². The lowest BCUT2D eigenvalue weighted by Gasteiger charge is -2.35. The fourth-order valence-electron chi connectivity index (χ4n) is 1.78. The summed E-state index contributed by atoms with van der Waals surface area (Å²) in [7, 11) is 0. The molecule has 0 aliphatic carbocycles. The highest BCUT2D eigenvalue weighted by Crippen LogP contribution is 2.08. The van der Waals surface area contributed by atoms with Crippen molar-refractivity contribution in [1.82, 2.24) is 9.80 Å². The third-order valence-electron chi connectivity index (χ3n) is 2.80. The first-order chi connectivity index (χ1) is 7.17. The highest BCUT2D eigenvalue weighted by Gasteiger charge is 2.20. The Morgan fingerprint density at radius 1 is 1.47 bits per heavy atom. The molecule has 1 fully saturated rings. The van der Waals surface area contributed by atoms with Crippen LogP contribution in [0.3, 0.4) is 0 Å². The van der Waals surface area contributed by atoms with Crippen molar-refractivity contribution in [2.75, 3.05) is 32.7 Å². The minimum atomic E-state index is 0.0387. The van der Waals surface area contributed by atoms with Crippen LogP contribution < -0.4 is 0 Å². The maximum absolute atomic E-state index is 8.80. The van der Waals surface area contributed by atoms with E-state index in [0.29, 0.717) is 0 Å². The molecule has 1 heterocycles. The van der Waals surface area contributed by atoms with Crippen molar-refractivity contribution < 1.29 is 0 Å². The standard InChI is InChI=1S/C11H18ClN3/c1-10(7-12)9-14-3-5-15(6-4-14)11(2)8-13/h7,11H,3-6,9H2,1-2H3. The summed E-state index contributed by atoms with van der Waals surface area (Å²) in [6.07, 6.45) is 0. The van der Waals surface area contributed by atoms with Crippen molar-refractivity contribution in [2.45, 2.75) is 19.9 Å². The maximum atomic E-state index is 8.80. The van der Waals surface area contributed by atoms with Gasteiger partial charge in [0.2, 0.25) is 0 Å². The Morgan fingerprint density at radius 3 is 2.53 bits per heavy atom. The van der Waals surface area contributed by atoms with Gasteiger partial charge >= 0.3 is 0 Å². The molecular formula is C11H18ClN3. The van der Waals surface area contributed by atoms with Crippen molar-refractivity contribution in [2.24, 2.45) is 0 Å². The minimum Gasteiger partial charge on any atom is -0.297 e. The molecule has 0 spiro atoms. The number of piperazine rings is 1. The predicted molar refractivity (Wildman–Crippen MR) is 62.7 cm³/mol. The number of hydrogen-bond donors (Lipinski definition) is 0. The van der Waals surface area contributed by atoms with Crippen molar-refractivity contribution in [3.8, 4) is 6.07 Å². The molecule has 0 saturated carbocycles.